The maximum absolute atomic E-state index is 13.2. The van der Waals surface area contributed by atoms with Crippen molar-refractivity contribution in [3.05, 3.63) is 416 Å². The molecule has 716 valence electrons. The molecule has 0 bridgehead atoms. The second-order valence-electron chi connectivity index (χ2n) is 29.5. The number of aryl methyl sites for hydroxylation is 2. The van der Waals surface area contributed by atoms with Crippen LogP contribution in [0.15, 0.2) is 322 Å². The summed E-state index contributed by atoms with van der Waals surface area (Å²) in [5.74, 6) is -4.71. The van der Waals surface area contributed by atoms with Gasteiger partial charge in [-0.05, 0) is 245 Å². The minimum absolute atomic E-state index is 0. The number of esters is 4. The van der Waals surface area contributed by atoms with Crippen LogP contribution in [-0.4, -0.2) is 147 Å². The first-order valence-electron chi connectivity index (χ1n) is 42.8. The molecule has 31 nitrogen and oxygen atoms in total. The van der Waals surface area contributed by atoms with Gasteiger partial charge in [0.1, 0.15) is 46.9 Å². The number of aromatic carboxylic acids is 1. The second-order valence-corrected chi connectivity index (χ2v) is 32.7. The van der Waals surface area contributed by atoms with Gasteiger partial charge in [-0.3, -0.25) is 43.4 Å². The molecular weight excluding hydrogens is 2040 g/mol. The van der Waals surface area contributed by atoms with Crippen LogP contribution in [0.4, 0.5) is 5.69 Å². The lowest BCUT2D eigenvalue weighted by molar-refractivity contribution is -0.146. The van der Waals surface area contributed by atoms with Gasteiger partial charge in [0.25, 0.3) is 5.91 Å². The number of pyridine rings is 10. The highest BCUT2D eigenvalue weighted by atomic mass is 79.9. The molecule has 10 heterocycles. The summed E-state index contributed by atoms with van der Waals surface area (Å²) in [7, 11) is 2.85. The third kappa shape index (κ3) is 29.2. The first-order chi connectivity index (χ1) is 66.4. The van der Waals surface area contributed by atoms with Gasteiger partial charge >= 0.3 is 29.8 Å². The zero-order valence-corrected chi connectivity index (χ0v) is 82.5. The van der Waals surface area contributed by atoms with Gasteiger partial charge in [-0.2, -0.15) is 0 Å². The molecule has 0 saturated carbocycles. The quantitative estimate of drug-likeness (QED) is 0.00511. The number of aromatic nitrogens is 10. The molecule has 0 saturated heterocycles. The number of carbonyl (C=O) groups is 7. The van der Waals surface area contributed by atoms with E-state index in [0.717, 1.165) is 81.4 Å². The lowest BCUT2D eigenvalue weighted by Crippen LogP contribution is -2.31. The average molecular weight is 2140 g/mol. The van der Waals surface area contributed by atoms with E-state index in [-0.39, 0.29) is 94.7 Å². The summed E-state index contributed by atoms with van der Waals surface area (Å²) >= 11 is 13.4. The number of H-pyrrole nitrogens is 1. The Kier molecular flexibility index (Phi) is 40.8. The van der Waals surface area contributed by atoms with Crippen LogP contribution in [0.5, 0.6) is 0 Å². The Labute approximate surface area is 831 Å². The fraction of sp³-hybridized carbons (Fsp3) is 0.183. The summed E-state index contributed by atoms with van der Waals surface area (Å²) < 4.78 is 34.3. The number of anilines is 1. The molecule has 0 unspecified atom stereocenters. The van der Waals surface area contributed by atoms with E-state index in [1.807, 2.05) is 179 Å². The number of amides is 1. The molecule has 10 aromatic heterocycles. The fourth-order valence-corrected chi connectivity index (χ4v) is 15.0. The molecule has 0 aliphatic rings. The van der Waals surface area contributed by atoms with Gasteiger partial charge in [-0.15, -0.1) is 0 Å². The minimum atomic E-state index is -1.23. The largest absolute Gasteiger partial charge is 0.500 e. The molecule has 0 fully saturated rings. The van der Waals surface area contributed by atoms with Crippen molar-refractivity contribution in [2.45, 2.75) is 82.1 Å². The van der Waals surface area contributed by atoms with E-state index in [1.165, 1.54) is 32.7 Å². The number of carboxylic acids is 1. The number of benzene rings is 6. The van der Waals surface area contributed by atoms with Gasteiger partial charge < -0.3 is 57.8 Å². The smallest absolute Gasteiger partial charge is 0.348 e. The van der Waals surface area contributed by atoms with Gasteiger partial charge in [-0.1, -0.05) is 111 Å². The summed E-state index contributed by atoms with van der Waals surface area (Å²) in [6, 6.07) is 69.4. The van der Waals surface area contributed by atoms with Crippen molar-refractivity contribution in [1.82, 2.24) is 53.2 Å². The number of ether oxygens (including phenoxy) is 5. The third-order valence-electron chi connectivity index (χ3n) is 20.2. The van der Waals surface area contributed by atoms with Crippen molar-refractivity contribution in [3.63, 3.8) is 0 Å². The highest BCUT2D eigenvalue weighted by Crippen LogP contribution is 2.23. The van der Waals surface area contributed by atoms with E-state index in [1.54, 1.807) is 137 Å². The summed E-state index contributed by atoms with van der Waals surface area (Å²) in [4.78, 5) is 175. The van der Waals surface area contributed by atoms with Gasteiger partial charge in [-0.25, -0.2) is 49.0 Å². The second kappa shape index (κ2) is 52.8. The number of carboxylic acid groups (broad SMARTS) is 1. The van der Waals surface area contributed by atoms with Crippen LogP contribution in [0.2, 0.25) is 0 Å². The molecule has 6 aromatic carbocycles. The Morgan fingerprint density at radius 2 is 0.770 bits per heavy atom. The Balaban J connectivity index is 0.000000186. The SMILES string of the molecule is C.CCOC(=O)c1c[nH]c2ccccc2c1=O.CCOC(=O)c1cn(Cc2cccc(Br)n2)c2ccccc2c1=O.CCOC=C(C(=O)OCC)C(=O)OCC.CON(C)C(=O)c1cn(Cc2cccc(Br)n2)c2ccccc2c1=O.Cc1cc(C(=O)c2cn(Cc3cccc(Br)n3)c3ccccc3c2=O)cnc1C.Nc1ccccc1.O=C(O)c1cn(Cc2cccc(Br)n2)c2ccccc2c1=O. The van der Waals surface area contributed by atoms with Gasteiger partial charge in [0.05, 0.1) is 117 Å². The number of ketones is 1. The van der Waals surface area contributed by atoms with E-state index in [9.17, 15) is 62.6 Å². The Morgan fingerprint density at radius 3 is 1.14 bits per heavy atom. The molecule has 35 heteroatoms. The highest BCUT2D eigenvalue weighted by molar-refractivity contribution is 9.11. The van der Waals surface area contributed by atoms with Gasteiger partial charge in [0.15, 0.2) is 11.4 Å². The molecule has 16 rings (SSSR count). The Bertz CT molecular complexity index is 7480. The zero-order valence-electron chi connectivity index (χ0n) is 76.2. The van der Waals surface area contributed by atoms with E-state index >= 15 is 0 Å². The monoisotopic (exact) mass is 2130 g/mol. The topological polar surface area (TPSA) is 410 Å². The van der Waals surface area contributed by atoms with Gasteiger partial charge in [0, 0.05) is 93.6 Å². The van der Waals surface area contributed by atoms with Crippen molar-refractivity contribution in [3.8, 4) is 0 Å². The lowest BCUT2D eigenvalue weighted by atomic mass is 10.0. The van der Waals surface area contributed by atoms with Gasteiger partial charge in [0.2, 0.25) is 27.1 Å². The molecule has 16 aromatic rings. The molecule has 1 amide bonds. The molecule has 139 heavy (non-hydrogen) atoms. The van der Waals surface area contributed by atoms with Crippen LogP contribution >= 0.6 is 63.7 Å². The molecule has 0 spiro atoms. The third-order valence-corrected chi connectivity index (χ3v) is 21.9. The highest BCUT2D eigenvalue weighted by Gasteiger charge is 2.25. The summed E-state index contributed by atoms with van der Waals surface area (Å²) in [5, 5.41) is 12.6. The summed E-state index contributed by atoms with van der Waals surface area (Å²) in [6.07, 6.45) is 10.1. The van der Waals surface area contributed by atoms with E-state index in [4.69, 9.17) is 24.8 Å². The normalized spacial score (nSPS) is 10.4. The number of aromatic amines is 1. The average Bonchev–Trinajstić information content (AvgIpc) is 0.789. The van der Waals surface area contributed by atoms with E-state index < -0.39 is 41.2 Å². The number of hydrogen-bond acceptors (Lipinski definition) is 24. The van der Waals surface area contributed by atoms with Crippen molar-refractivity contribution < 1.29 is 67.2 Å². The first kappa shape index (κ1) is 107. The number of nitrogens with zero attached hydrogens (tertiary/aromatic N) is 10. The molecule has 0 aliphatic heterocycles. The lowest BCUT2D eigenvalue weighted by Gasteiger charge is -2.16. The number of halogens is 4. The predicted molar refractivity (Wildman–Crippen MR) is 547 cm³/mol. The number of fused-ring (bicyclic) bond motifs is 5. The number of rotatable bonds is 23. The Morgan fingerprint density at radius 1 is 0.424 bits per heavy atom. The number of hydroxylamine groups is 2. The van der Waals surface area contributed by atoms with Crippen LogP contribution in [0.1, 0.15) is 133 Å². The fourth-order valence-electron chi connectivity index (χ4n) is 13.5. The number of hydrogen-bond donors (Lipinski definition) is 3. The van der Waals surface area contributed by atoms with Crippen LogP contribution in [0, 0.1) is 13.8 Å². The molecule has 0 aliphatic carbocycles. The van der Waals surface area contributed by atoms with Crippen LogP contribution in [-0.2, 0) is 64.3 Å². The molecular formula is C104H98Br4N12O19. The zero-order chi connectivity index (χ0) is 99.6. The predicted octanol–water partition coefficient (Wildman–Crippen LogP) is 18.2. The Hall–Kier alpha value is -15.2. The van der Waals surface area contributed by atoms with Crippen molar-refractivity contribution in [2.75, 3.05) is 52.9 Å². The maximum Gasteiger partial charge on any atom is 0.348 e. The maximum atomic E-state index is 13.2. The van der Waals surface area contributed by atoms with Crippen LogP contribution in [0.3, 0.4) is 0 Å². The van der Waals surface area contributed by atoms with Crippen molar-refractivity contribution in [2.24, 2.45) is 0 Å². The number of nitrogens with two attached hydrogens (primary N) is 1. The summed E-state index contributed by atoms with van der Waals surface area (Å²) in [5.41, 5.74) is 13.3. The summed E-state index contributed by atoms with van der Waals surface area (Å²) in [6.45, 7) is 15.2. The molecule has 0 atom stereocenters. The van der Waals surface area contributed by atoms with E-state index in [0.29, 0.717) is 80.9 Å². The standard InChI is InChI=1S/C23H18BrN3O2.C18H16BrN3O3.C18H15BrN2O3.C16H11BrN2O3.C12H11NO3.C10H16O5.C6H7N.CH4/c1-14-10-16(11-25-15(14)2)22(28)19-13-27(12-17-6-5-9-21(24)26-17)20-8-4-3-7-18(20)23(19)29;1-21(25-2)18(24)14-11-22(10-12-6-5-9-16(19)20-12)15-8-4-3-7-13(15)17(14)23;1-2-24-18(23)14-11-21(10-12-6-5-9-16(19)20-12)15-8-4-3-7-13(15)17(14)22;17-14-7-3-4-10(18-14)8-19-9-12(16(21)22)15(20)11-5-1-2-6-13(11)19;1-2-16-12(15)9-7-13-10-6-4-3-5-8(10)11(9)14;1-4-13-7-8(9(11)14-5-2)10(12)15-6-3;7-6-4-2-1-3-5-6;/h3-11,13H,12H2,1-2H3;3-9,11H,10H2,1-2H3;3-9,11H,2,10H2,1H3;1-7,9H,8H2,(H,21,22);3-7H,2H2,1H3,(H,13,14);7H,4-6H2,1-3H3;1-5H,7H2;1H4. The number of carbonyl (C=O) groups excluding carboxylic acids is 6. The number of nitrogens with one attached hydrogen (secondary N) is 1. The minimum Gasteiger partial charge on any atom is -0.500 e. The number of nitrogen functional groups attached to an aromatic ring is 1. The van der Waals surface area contributed by atoms with Crippen LogP contribution in [0.25, 0.3) is 54.5 Å². The van der Waals surface area contributed by atoms with Crippen LogP contribution < -0.4 is 32.9 Å². The first-order valence-corrected chi connectivity index (χ1v) is 46.0. The molecule has 4 N–H and O–H groups in total. The number of para-hydroxylation sites is 6. The van der Waals surface area contributed by atoms with Crippen molar-refractivity contribution in [1.29, 1.82) is 0 Å². The molecule has 0 radical (unpaired) electrons. The van der Waals surface area contributed by atoms with E-state index in [2.05, 4.69) is 103 Å². The van der Waals surface area contributed by atoms with Crippen molar-refractivity contribution >= 4 is 165 Å².